The monoisotopic (exact) mass is 327 g/mol. The Balaban J connectivity index is 3.05. The average Bonchev–Trinajstić information content (AvgIpc) is 2.35. The summed E-state index contributed by atoms with van der Waals surface area (Å²) >= 11 is 0. The highest BCUT2D eigenvalue weighted by molar-refractivity contribution is 8.14. The molecule has 0 amide bonds. The second kappa shape index (κ2) is 5.85. The molecular weight excluding hydrogens is 318 g/mol. The number of nitrogens with zero attached hydrogens (tertiary/aromatic N) is 1. The van der Waals surface area contributed by atoms with Crippen LogP contribution in [0.15, 0.2) is 23.2 Å². The van der Waals surface area contributed by atoms with Crippen LogP contribution >= 0.6 is 10.7 Å². The third-order valence-electron chi connectivity index (χ3n) is 2.08. The van der Waals surface area contributed by atoms with Crippen molar-refractivity contribution in [3.8, 4) is 0 Å². The van der Waals surface area contributed by atoms with Crippen LogP contribution < -0.4 is 0 Å². The van der Waals surface area contributed by atoms with E-state index in [-0.39, 0.29) is 10.6 Å². The molecule has 7 nitrogen and oxygen atoms in total. The van der Waals surface area contributed by atoms with Crippen molar-refractivity contribution in [2.45, 2.75) is 4.90 Å². The first-order valence-electron chi connectivity index (χ1n) is 4.85. The third kappa shape index (κ3) is 4.77. The van der Waals surface area contributed by atoms with Crippen molar-refractivity contribution in [2.75, 3.05) is 18.6 Å². The van der Waals surface area contributed by atoms with E-state index in [4.69, 9.17) is 10.7 Å². The number of hydrogen-bond acceptors (Lipinski definition) is 7. The van der Waals surface area contributed by atoms with Gasteiger partial charge in [-0.3, -0.25) is 0 Å². The Morgan fingerprint density at radius 3 is 2.47 bits per heavy atom. The topological polar surface area (TPSA) is 107 Å². The molecule has 10 heteroatoms. The Kier molecular flexibility index (Phi) is 4.88. The maximum absolute atomic E-state index is 11.8. The number of pyridine rings is 1. The molecule has 0 aliphatic rings. The summed E-state index contributed by atoms with van der Waals surface area (Å²) in [6.45, 7) is 0. The number of carbonyl (C=O) groups excluding carboxylic acids is 1. The van der Waals surface area contributed by atoms with Crippen molar-refractivity contribution in [3.63, 3.8) is 0 Å². The van der Waals surface area contributed by atoms with Gasteiger partial charge in [-0.15, -0.1) is 0 Å². The van der Waals surface area contributed by atoms with E-state index in [9.17, 15) is 21.6 Å². The van der Waals surface area contributed by atoms with Gasteiger partial charge in [-0.2, -0.15) is 0 Å². The van der Waals surface area contributed by atoms with E-state index < -0.39 is 36.4 Å². The molecule has 0 atom stereocenters. The number of aromatic nitrogens is 1. The van der Waals surface area contributed by atoms with Gasteiger partial charge < -0.3 is 4.74 Å². The Labute approximate surface area is 114 Å². The van der Waals surface area contributed by atoms with Gasteiger partial charge in [-0.05, 0) is 12.1 Å². The summed E-state index contributed by atoms with van der Waals surface area (Å²) in [6, 6.07) is 2.17. The summed E-state index contributed by atoms with van der Waals surface area (Å²) in [4.78, 5) is 14.6. The van der Waals surface area contributed by atoms with Crippen LogP contribution in [-0.4, -0.2) is 46.4 Å². The van der Waals surface area contributed by atoms with Gasteiger partial charge in [0.15, 0.2) is 9.84 Å². The highest BCUT2D eigenvalue weighted by Crippen LogP contribution is 2.13. The predicted molar refractivity (Wildman–Crippen MR) is 67.3 cm³/mol. The Morgan fingerprint density at radius 1 is 1.32 bits per heavy atom. The number of hydrogen-bond donors (Lipinski definition) is 0. The van der Waals surface area contributed by atoms with Gasteiger partial charge in [0.25, 0.3) is 0 Å². The minimum absolute atomic E-state index is 0.183. The summed E-state index contributed by atoms with van der Waals surface area (Å²) in [5, 5.41) is 0. The third-order valence-corrected chi connectivity index (χ3v) is 5.21. The lowest BCUT2D eigenvalue weighted by molar-refractivity contribution is 0.0593. The first kappa shape index (κ1) is 15.9. The van der Waals surface area contributed by atoms with Crippen LogP contribution in [0.5, 0.6) is 0 Å². The van der Waals surface area contributed by atoms with E-state index in [1.165, 1.54) is 0 Å². The molecular formula is C9H10ClNO6S2. The van der Waals surface area contributed by atoms with Crippen molar-refractivity contribution in [2.24, 2.45) is 0 Å². The first-order valence-corrected chi connectivity index (χ1v) is 8.98. The van der Waals surface area contributed by atoms with Crippen molar-refractivity contribution in [3.05, 3.63) is 24.0 Å². The number of methoxy groups -OCH3 is 1. The van der Waals surface area contributed by atoms with Crippen molar-refractivity contribution in [1.29, 1.82) is 0 Å². The summed E-state index contributed by atoms with van der Waals surface area (Å²) in [5.41, 5.74) is -0.183. The molecule has 19 heavy (non-hydrogen) atoms. The second-order valence-electron chi connectivity index (χ2n) is 3.43. The number of sulfone groups is 1. The van der Waals surface area contributed by atoms with Crippen molar-refractivity contribution in [1.82, 2.24) is 4.98 Å². The number of halogens is 1. The van der Waals surface area contributed by atoms with Gasteiger partial charge >= 0.3 is 5.97 Å². The predicted octanol–water partition coefficient (Wildman–Crippen LogP) is 0.211. The molecule has 1 heterocycles. The smallest absolute Gasteiger partial charge is 0.356 e. The van der Waals surface area contributed by atoms with Gasteiger partial charge in [0, 0.05) is 16.9 Å². The largest absolute Gasteiger partial charge is 0.464 e. The summed E-state index contributed by atoms with van der Waals surface area (Å²) in [6.07, 6.45) is 1.12. The molecule has 0 radical (unpaired) electrons. The molecule has 0 aliphatic carbocycles. The van der Waals surface area contributed by atoms with Gasteiger partial charge in [-0.25, -0.2) is 26.6 Å². The van der Waals surface area contributed by atoms with Crippen LogP contribution in [-0.2, 0) is 23.6 Å². The number of carbonyl (C=O) groups is 1. The zero-order valence-electron chi connectivity index (χ0n) is 9.74. The highest BCUT2D eigenvalue weighted by atomic mass is 35.7. The molecule has 0 aromatic carbocycles. The Bertz CT molecular complexity index is 682. The second-order valence-corrected chi connectivity index (χ2v) is 8.44. The van der Waals surface area contributed by atoms with Crippen LogP contribution in [0.4, 0.5) is 0 Å². The summed E-state index contributed by atoms with van der Waals surface area (Å²) in [7, 11) is -1.70. The molecule has 0 unspecified atom stereocenters. The highest BCUT2D eigenvalue weighted by Gasteiger charge is 2.20. The van der Waals surface area contributed by atoms with E-state index in [1.807, 2.05) is 0 Å². The number of rotatable bonds is 5. The van der Waals surface area contributed by atoms with Gasteiger partial charge in [0.1, 0.15) is 5.69 Å². The van der Waals surface area contributed by atoms with Gasteiger partial charge in [-0.1, -0.05) is 0 Å². The lowest BCUT2D eigenvalue weighted by Crippen LogP contribution is -2.15. The molecule has 0 saturated carbocycles. The van der Waals surface area contributed by atoms with E-state index >= 15 is 0 Å². The van der Waals surface area contributed by atoms with E-state index in [0.29, 0.717) is 0 Å². The minimum atomic E-state index is -3.91. The van der Waals surface area contributed by atoms with E-state index in [0.717, 1.165) is 25.4 Å². The standard InChI is InChI=1S/C9H10ClNO6S2/c1-17-9(12)8-6-7(2-3-11-8)18(13,14)4-5-19(10,15)16/h2-3,6H,4-5H2,1H3. The lowest BCUT2D eigenvalue weighted by Gasteiger charge is -2.04. The molecule has 1 aromatic heterocycles. The fourth-order valence-electron chi connectivity index (χ4n) is 1.15. The van der Waals surface area contributed by atoms with E-state index in [2.05, 4.69) is 9.72 Å². The van der Waals surface area contributed by atoms with Crippen LogP contribution in [0, 0.1) is 0 Å². The minimum Gasteiger partial charge on any atom is -0.464 e. The molecule has 0 bridgehead atoms. The normalized spacial score (nSPS) is 12.1. The number of ether oxygens (including phenoxy) is 1. The zero-order chi connectivity index (χ0) is 14.7. The first-order chi connectivity index (χ1) is 8.65. The van der Waals surface area contributed by atoms with Crippen LogP contribution in [0.2, 0.25) is 0 Å². The molecule has 0 saturated heterocycles. The van der Waals surface area contributed by atoms with Gasteiger partial charge in [0.05, 0.1) is 23.5 Å². The molecule has 0 spiro atoms. The molecule has 0 fully saturated rings. The van der Waals surface area contributed by atoms with E-state index in [1.54, 1.807) is 0 Å². The maximum Gasteiger partial charge on any atom is 0.356 e. The molecule has 0 aliphatic heterocycles. The van der Waals surface area contributed by atoms with Gasteiger partial charge in [0.2, 0.25) is 9.05 Å². The summed E-state index contributed by atoms with van der Waals surface area (Å²) in [5.74, 6) is -2.18. The quantitative estimate of drug-likeness (QED) is 0.562. The Hall–Kier alpha value is -1.19. The molecule has 106 valence electrons. The fraction of sp³-hybridized carbons (Fsp3) is 0.333. The molecule has 1 rings (SSSR count). The van der Waals surface area contributed by atoms with Crippen LogP contribution in [0.1, 0.15) is 10.5 Å². The fourth-order valence-corrected chi connectivity index (χ4v) is 4.18. The zero-order valence-corrected chi connectivity index (χ0v) is 12.1. The summed E-state index contributed by atoms with van der Waals surface area (Å²) < 4.78 is 49.6. The average molecular weight is 328 g/mol. The maximum atomic E-state index is 11.8. The molecule has 0 N–H and O–H groups in total. The SMILES string of the molecule is COC(=O)c1cc(S(=O)(=O)CCS(=O)(=O)Cl)ccn1. The van der Waals surface area contributed by atoms with Crippen LogP contribution in [0.25, 0.3) is 0 Å². The lowest BCUT2D eigenvalue weighted by atomic mass is 10.3. The Morgan fingerprint density at radius 2 is 1.95 bits per heavy atom. The van der Waals surface area contributed by atoms with Crippen LogP contribution in [0.3, 0.4) is 0 Å². The number of esters is 1. The van der Waals surface area contributed by atoms with Crippen molar-refractivity contribution < 1.29 is 26.4 Å². The van der Waals surface area contributed by atoms with Crippen molar-refractivity contribution >= 4 is 35.5 Å². The molecule has 1 aromatic rings.